The zero-order chi connectivity index (χ0) is 21.1. The van der Waals surface area contributed by atoms with Crippen LogP contribution in [0.4, 0.5) is 0 Å². The Hall–Kier alpha value is -3.68. The maximum Gasteiger partial charge on any atom is 0.223 e. The van der Waals surface area contributed by atoms with E-state index in [9.17, 15) is 15.3 Å². The van der Waals surface area contributed by atoms with Gasteiger partial charge in [0.15, 0.2) is 12.1 Å². The fourth-order valence-electron chi connectivity index (χ4n) is 3.10. The molecule has 0 saturated carbocycles. The number of aromatic hydroxyl groups is 1. The largest absolute Gasteiger partial charge is 0.493 e. The van der Waals surface area contributed by atoms with Crippen molar-refractivity contribution in [2.45, 2.75) is 19.8 Å². The maximum atomic E-state index is 10.7. The van der Waals surface area contributed by atoms with Gasteiger partial charge in [0.05, 0.1) is 11.8 Å². The summed E-state index contributed by atoms with van der Waals surface area (Å²) in [5.41, 5.74) is 3.64. The van der Waals surface area contributed by atoms with E-state index < -0.39 is 6.29 Å². The second kappa shape index (κ2) is 8.36. The quantitative estimate of drug-likeness (QED) is 0.426. The average molecular weight is 403 g/mol. The Morgan fingerprint density at radius 3 is 2.47 bits per heavy atom. The van der Waals surface area contributed by atoms with Gasteiger partial charge >= 0.3 is 0 Å². The molecular weight excluding hydrogens is 382 g/mol. The molecule has 0 unspecified atom stereocenters. The zero-order valence-electron chi connectivity index (χ0n) is 16.3. The molecule has 152 valence electrons. The van der Waals surface area contributed by atoms with Crippen molar-refractivity contribution in [2.24, 2.45) is 0 Å². The number of hydrogen-bond acceptors (Lipinski definition) is 6. The molecule has 0 saturated heterocycles. The van der Waals surface area contributed by atoms with Gasteiger partial charge in [-0.25, -0.2) is 4.98 Å². The summed E-state index contributed by atoms with van der Waals surface area (Å²) >= 11 is 0. The third-order valence-corrected chi connectivity index (χ3v) is 4.75. The van der Waals surface area contributed by atoms with Crippen LogP contribution in [-0.2, 0) is 6.61 Å². The molecule has 0 atom stereocenters. The molecule has 7 nitrogen and oxygen atoms in total. The lowest BCUT2D eigenvalue weighted by Gasteiger charge is -2.11. The van der Waals surface area contributed by atoms with Crippen molar-refractivity contribution in [3.8, 4) is 28.6 Å². The lowest BCUT2D eigenvalue weighted by molar-refractivity contribution is -0.0427. The van der Waals surface area contributed by atoms with Crippen molar-refractivity contribution in [3.05, 3.63) is 89.7 Å². The van der Waals surface area contributed by atoms with Gasteiger partial charge in [-0.3, -0.25) is 0 Å². The van der Waals surface area contributed by atoms with Crippen LogP contribution in [0.5, 0.6) is 11.6 Å². The SMILES string of the molecule is Cc1cc(-c2cnn(-c3ccc(C(O)O)cn3)c2O)ccc1OCc1ccccc1. The maximum absolute atomic E-state index is 10.7. The molecular formula is C23H21N3O4. The summed E-state index contributed by atoms with van der Waals surface area (Å²) < 4.78 is 7.20. The molecule has 2 aromatic carbocycles. The fourth-order valence-corrected chi connectivity index (χ4v) is 3.10. The van der Waals surface area contributed by atoms with Gasteiger partial charge in [-0.2, -0.15) is 9.78 Å². The van der Waals surface area contributed by atoms with E-state index in [0.29, 0.717) is 18.0 Å². The molecule has 0 amide bonds. The van der Waals surface area contributed by atoms with Gasteiger partial charge in [0, 0.05) is 11.8 Å². The van der Waals surface area contributed by atoms with Crippen LogP contribution in [0.1, 0.15) is 23.0 Å². The smallest absolute Gasteiger partial charge is 0.223 e. The van der Waals surface area contributed by atoms with Crippen molar-refractivity contribution in [3.63, 3.8) is 0 Å². The van der Waals surface area contributed by atoms with E-state index in [4.69, 9.17) is 4.74 Å². The Kier molecular flexibility index (Phi) is 5.47. The molecule has 4 aromatic rings. The number of aliphatic hydroxyl groups excluding tert-OH is 1. The summed E-state index contributed by atoms with van der Waals surface area (Å²) in [6.45, 7) is 2.43. The van der Waals surface area contributed by atoms with Crippen LogP contribution in [-0.4, -0.2) is 30.1 Å². The van der Waals surface area contributed by atoms with Crippen LogP contribution in [0.15, 0.2) is 73.1 Å². The Labute approximate surface area is 173 Å². The first-order valence-corrected chi connectivity index (χ1v) is 9.40. The van der Waals surface area contributed by atoms with Crippen LogP contribution in [0.2, 0.25) is 0 Å². The summed E-state index contributed by atoms with van der Waals surface area (Å²) in [5, 5.41) is 33.2. The van der Waals surface area contributed by atoms with Gasteiger partial charge in [0.1, 0.15) is 12.4 Å². The lowest BCUT2D eigenvalue weighted by Crippen LogP contribution is -2.01. The van der Waals surface area contributed by atoms with E-state index in [0.717, 1.165) is 22.4 Å². The molecule has 2 aromatic heterocycles. The second-order valence-corrected chi connectivity index (χ2v) is 6.87. The average Bonchev–Trinajstić information content (AvgIpc) is 3.15. The van der Waals surface area contributed by atoms with Crippen molar-refractivity contribution in [1.29, 1.82) is 0 Å². The number of benzene rings is 2. The molecule has 0 fully saturated rings. The highest BCUT2D eigenvalue weighted by Gasteiger charge is 2.15. The number of aliphatic hydroxyl groups is 2. The molecule has 0 spiro atoms. The van der Waals surface area contributed by atoms with Gasteiger partial charge in [-0.1, -0.05) is 36.4 Å². The highest BCUT2D eigenvalue weighted by Crippen LogP contribution is 2.33. The predicted octanol–water partition coefficient (Wildman–Crippen LogP) is 3.51. The fraction of sp³-hybridized carbons (Fsp3) is 0.130. The topological polar surface area (TPSA) is 101 Å². The van der Waals surface area contributed by atoms with E-state index in [-0.39, 0.29) is 11.4 Å². The van der Waals surface area contributed by atoms with Gasteiger partial charge in [-0.15, -0.1) is 0 Å². The van der Waals surface area contributed by atoms with Gasteiger partial charge in [-0.05, 0) is 47.9 Å². The third-order valence-electron chi connectivity index (χ3n) is 4.75. The lowest BCUT2D eigenvalue weighted by atomic mass is 10.1. The summed E-state index contributed by atoms with van der Waals surface area (Å²) in [5.74, 6) is 1.08. The van der Waals surface area contributed by atoms with E-state index >= 15 is 0 Å². The highest BCUT2D eigenvalue weighted by atomic mass is 16.5. The van der Waals surface area contributed by atoms with Crippen molar-refractivity contribution >= 4 is 0 Å². The monoisotopic (exact) mass is 403 g/mol. The number of aryl methyl sites for hydroxylation is 1. The van der Waals surface area contributed by atoms with Crippen LogP contribution in [0.3, 0.4) is 0 Å². The number of hydrogen-bond donors (Lipinski definition) is 3. The summed E-state index contributed by atoms with van der Waals surface area (Å²) in [7, 11) is 0. The first kappa shape index (κ1) is 19.6. The van der Waals surface area contributed by atoms with Crippen LogP contribution in [0.25, 0.3) is 16.9 Å². The minimum absolute atomic E-state index is 0.0582. The predicted molar refractivity (Wildman–Crippen MR) is 111 cm³/mol. The molecule has 0 radical (unpaired) electrons. The number of ether oxygens (including phenoxy) is 1. The van der Waals surface area contributed by atoms with Gasteiger partial charge < -0.3 is 20.1 Å². The van der Waals surface area contributed by atoms with Crippen molar-refractivity contribution in [1.82, 2.24) is 14.8 Å². The molecule has 0 bridgehead atoms. The van der Waals surface area contributed by atoms with Gasteiger partial charge in [0.2, 0.25) is 5.88 Å². The Balaban J connectivity index is 1.55. The minimum atomic E-state index is -1.60. The van der Waals surface area contributed by atoms with E-state index in [1.54, 1.807) is 12.3 Å². The van der Waals surface area contributed by atoms with Crippen molar-refractivity contribution < 1.29 is 20.1 Å². The molecule has 4 rings (SSSR count). The standard InChI is InChI=1S/C23H21N3O4/c1-15-11-17(7-9-20(15)30-14-16-5-3-2-4-6-16)19-13-25-26(22(19)27)21-10-8-18(12-24-21)23(28)29/h2-13,23,27-29H,14H2,1H3. The van der Waals surface area contributed by atoms with Crippen LogP contribution >= 0.6 is 0 Å². The summed E-state index contributed by atoms with van der Waals surface area (Å²) in [6, 6.07) is 18.7. The second-order valence-electron chi connectivity index (χ2n) is 6.87. The van der Waals surface area contributed by atoms with E-state index in [1.165, 1.54) is 16.9 Å². The third kappa shape index (κ3) is 4.03. The minimum Gasteiger partial charge on any atom is -0.493 e. The normalized spacial score (nSPS) is 11.1. The zero-order valence-corrected chi connectivity index (χ0v) is 16.3. The van der Waals surface area contributed by atoms with E-state index in [2.05, 4.69) is 10.1 Å². The number of aromatic nitrogens is 3. The van der Waals surface area contributed by atoms with E-state index in [1.807, 2.05) is 55.5 Å². The summed E-state index contributed by atoms with van der Waals surface area (Å²) in [4.78, 5) is 4.12. The molecule has 30 heavy (non-hydrogen) atoms. The Morgan fingerprint density at radius 2 is 1.80 bits per heavy atom. The van der Waals surface area contributed by atoms with Crippen LogP contribution in [0, 0.1) is 6.92 Å². The first-order chi connectivity index (χ1) is 14.5. The molecule has 7 heteroatoms. The molecule has 2 heterocycles. The number of rotatable bonds is 6. The molecule has 3 N–H and O–H groups in total. The van der Waals surface area contributed by atoms with Gasteiger partial charge in [0.25, 0.3) is 0 Å². The van der Waals surface area contributed by atoms with Crippen molar-refractivity contribution in [2.75, 3.05) is 0 Å². The van der Waals surface area contributed by atoms with Crippen LogP contribution < -0.4 is 4.74 Å². The first-order valence-electron chi connectivity index (χ1n) is 9.40. The Morgan fingerprint density at radius 1 is 1.00 bits per heavy atom. The molecule has 0 aliphatic carbocycles. The highest BCUT2D eigenvalue weighted by molar-refractivity contribution is 5.70. The Bertz CT molecular complexity index is 1140. The summed E-state index contributed by atoms with van der Waals surface area (Å²) in [6.07, 6.45) is 1.29. The number of nitrogens with zero attached hydrogens (tertiary/aromatic N) is 3. The number of pyridine rings is 1. The molecule has 0 aliphatic heterocycles. The molecule has 0 aliphatic rings.